The summed E-state index contributed by atoms with van der Waals surface area (Å²) >= 11 is 5.70. The Morgan fingerprint density at radius 3 is 2.53 bits per heavy atom. The molecule has 0 spiro atoms. The summed E-state index contributed by atoms with van der Waals surface area (Å²) in [4.78, 5) is 0. The fourth-order valence-corrected chi connectivity index (χ4v) is 2.01. The topological polar surface area (TPSA) is 26.0 Å². The summed E-state index contributed by atoms with van der Waals surface area (Å²) < 4.78 is 26.5. The van der Waals surface area contributed by atoms with Crippen molar-refractivity contribution >= 4 is 11.6 Å². The van der Waals surface area contributed by atoms with Crippen LogP contribution >= 0.6 is 11.6 Å². The predicted octanol–water partition coefficient (Wildman–Crippen LogP) is 3.42. The van der Waals surface area contributed by atoms with Crippen LogP contribution in [-0.2, 0) is 0 Å². The molecule has 0 amide bonds. The van der Waals surface area contributed by atoms with Crippen LogP contribution in [0.5, 0.6) is 0 Å². The van der Waals surface area contributed by atoms with Crippen molar-refractivity contribution in [1.29, 1.82) is 0 Å². The van der Waals surface area contributed by atoms with E-state index in [1.807, 2.05) is 0 Å². The van der Waals surface area contributed by atoms with E-state index in [0.29, 0.717) is 12.3 Å². The number of halogens is 3. The van der Waals surface area contributed by atoms with Crippen LogP contribution in [0.25, 0.3) is 0 Å². The molecule has 2 N–H and O–H groups in total. The van der Waals surface area contributed by atoms with Crippen molar-refractivity contribution in [2.45, 2.75) is 25.3 Å². The first-order chi connectivity index (χ1) is 7.09. The van der Waals surface area contributed by atoms with Crippen molar-refractivity contribution in [3.05, 3.63) is 34.4 Å². The zero-order valence-electron chi connectivity index (χ0n) is 8.14. The Balaban J connectivity index is 2.27. The molecule has 1 aliphatic rings. The van der Waals surface area contributed by atoms with Crippen molar-refractivity contribution < 1.29 is 8.78 Å². The van der Waals surface area contributed by atoms with E-state index in [2.05, 4.69) is 0 Å². The van der Waals surface area contributed by atoms with Gasteiger partial charge in [-0.1, -0.05) is 24.4 Å². The second-order valence-electron chi connectivity index (χ2n) is 4.04. The highest BCUT2D eigenvalue weighted by molar-refractivity contribution is 6.31. The Morgan fingerprint density at radius 1 is 1.33 bits per heavy atom. The van der Waals surface area contributed by atoms with Gasteiger partial charge in [-0.2, -0.15) is 0 Å². The molecule has 82 valence electrons. The molecule has 1 aromatic carbocycles. The molecule has 1 nitrogen and oxygen atoms in total. The largest absolute Gasteiger partial charge is 0.324 e. The molecule has 0 saturated heterocycles. The van der Waals surface area contributed by atoms with Crippen LogP contribution in [0, 0.1) is 17.6 Å². The standard InChI is InChI=1S/C11H12ClF2N/c12-11-8(14)4-3-7(13)10(11)9(15)5-6-1-2-6/h3-4,6,9H,1-2,5,15H2/t9-/m1/s1. The zero-order valence-corrected chi connectivity index (χ0v) is 8.90. The summed E-state index contributed by atoms with van der Waals surface area (Å²) in [6.45, 7) is 0. The van der Waals surface area contributed by atoms with Crippen molar-refractivity contribution in [3.63, 3.8) is 0 Å². The molecule has 15 heavy (non-hydrogen) atoms. The average Bonchev–Trinajstić information content (AvgIpc) is 2.96. The van der Waals surface area contributed by atoms with Crippen LogP contribution in [0.3, 0.4) is 0 Å². The number of benzene rings is 1. The van der Waals surface area contributed by atoms with E-state index >= 15 is 0 Å². The molecule has 4 heteroatoms. The maximum atomic E-state index is 13.4. The molecule has 1 saturated carbocycles. The van der Waals surface area contributed by atoms with E-state index in [1.54, 1.807) is 0 Å². The lowest BCUT2D eigenvalue weighted by atomic mass is 10.0. The molecule has 0 aromatic heterocycles. The summed E-state index contributed by atoms with van der Waals surface area (Å²) in [6.07, 6.45) is 2.94. The van der Waals surface area contributed by atoms with Gasteiger partial charge < -0.3 is 5.73 Å². The highest BCUT2D eigenvalue weighted by Crippen LogP contribution is 2.39. The van der Waals surface area contributed by atoms with E-state index in [1.165, 1.54) is 0 Å². The van der Waals surface area contributed by atoms with E-state index < -0.39 is 17.7 Å². The molecule has 1 atom stereocenters. The van der Waals surface area contributed by atoms with Gasteiger partial charge in [0.15, 0.2) is 0 Å². The van der Waals surface area contributed by atoms with Crippen LogP contribution < -0.4 is 5.73 Å². The second kappa shape index (κ2) is 4.06. The van der Waals surface area contributed by atoms with Crippen LogP contribution in [-0.4, -0.2) is 0 Å². The highest BCUT2D eigenvalue weighted by Gasteiger charge is 2.27. The summed E-state index contributed by atoms with van der Waals surface area (Å²) in [6, 6.07) is 1.59. The summed E-state index contributed by atoms with van der Waals surface area (Å²) in [5, 5.41) is -0.178. The molecule has 2 rings (SSSR count). The third kappa shape index (κ3) is 2.29. The molecule has 0 radical (unpaired) electrons. The van der Waals surface area contributed by atoms with Gasteiger partial charge in [0, 0.05) is 11.6 Å². The van der Waals surface area contributed by atoms with E-state index in [9.17, 15) is 8.78 Å². The predicted molar refractivity (Wildman–Crippen MR) is 55.6 cm³/mol. The third-order valence-electron chi connectivity index (χ3n) is 2.73. The summed E-state index contributed by atoms with van der Waals surface area (Å²) in [7, 11) is 0. The minimum absolute atomic E-state index is 0.114. The van der Waals surface area contributed by atoms with Gasteiger partial charge in [-0.3, -0.25) is 0 Å². The van der Waals surface area contributed by atoms with E-state index in [4.69, 9.17) is 17.3 Å². The number of hydrogen-bond donors (Lipinski definition) is 1. The van der Waals surface area contributed by atoms with Crippen LogP contribution in [0.4, 0.5) is 8.78 Å². The maximum Gasteiger partial charge on any atom is 0.142 e. The van der Waals surface area contributed by atoms with Crippen molar-refractivity contribution in [1.82, 2.24) is 0 Å². The summed E-state index contributed by atoms with van der Waals surface area (Å²) in [5.74, 6) is -0.576. The average molecular weight is 232 g/mol. The number of rotatable bonds is 3. The molecule has 0 unspecified atom stereocenters. The zero-order chi connectivity index (χ0) is 11.0. The van der Waals surface area contributed by atoms with Crippen LogP contribution in [0.2, 0.25) is 5.02 Å². The van der Waals surface area contributed by atoms with Crippen molar-refractivity contribution in [3.8, 4) is 0 Å². The normalized spacial score (nSPS) is 17.9. The first-order valence-corrected chi connectivity index (χ1v) is 5.36. The van der Waals surface area contributed by atoms with E-state index in [-0.39, 0.29) is 10.6 Å². The lowest BCUT2D eigenvalue weighted by Crippen LogP contribution is -2.14. The Hall–Kier alpha value is -0.670. The first-order valence-electron chi connectivity index (χ1n) is 4.98. The smallest absolute Gasteiger partial charge is 0.142 e. The highest BCUT2D eigenvalue weighted by atomic mass is 35.5. The Bertz CT molecular complexity index is 377. The minimum Gasteiger partial charge on any atom is -0.324 e. The molecule has 0 bridgehead atoms. The number of nitrogens with two attached hydrogens (primary N) is 1. The molecule has 0 aliphatic heterocycles. The first kappa shape index (κ1) is 10.8. The van der Waals surface area contributed by atoms with Gasteiger partial charge in [0.1, 0.15) is 11.6 Å². The Kier molecular flexibility index (Phi) is 2.94. The van der Waals surface area contributed by atoms with Gasteiger partial charge in [-0.05, 0) is 24.5 Å². The maximum absolute atomic E-state index is 13.4. The third-order valence-corrected chi connectivity index (χ3v) is 3.12. The van der Waals surface area contributed by atoms with Gasteiger partial charge >= 0.3 is 0 Å². The number of hydrogen-bond acceptors (Lipinski definition) is 1. The van der Waals surface area contributed by atoms with Crippen LogP contribution in [0.15, 0.2) is 12.1 Å². The van der Waals surface area contributed by atoms with Crippen molar-refractivity contribution in [2.24, 2.45) is 11.7 Å². The van der Waals surface area contributed by atoms with Gasteiger partial charge in [0.25, 0.3) is 0 Å². The quantitative estimate of drug-likeness (QED) is 0.793. The Morgan fingerprint density at radius 2 is 1.93 bits per heavy atom. The lowest BCUT2D eigenvalue weighted by Gasteiger charge is -2.14. The Labute approximate surface area is 92.2 Å². The molecular formula is C11H12ClF2N. The van der Waals surface area contributed by atoms with Gasteiger partial charge in [-0.15, -0.1) is 0 Å². The SMILES string of the molecule is N[C@H](CC1CC1)c1c(F)ccc(F)c1Cl. The molecule has 1 fully saturated rings. The van der Waals surface area contributed by atoms with Gasteiger partial charge in [0.05, 0.1) is 5.02 Å². The molecule has 0 heterocycles. The lowest BCUT2D eigenvalue weighted by molar-refractivity contribution is 0.531. The molecule has 1 aliphatic carbocycles. The van der Waals surface area contributed by atoms with Crippen molar-refractivity contribution in [2.75, 3.05) is 0 Å². The second-order valence-corrected chi connectivity index (χ2v) is 4.42. The van der Waals surface area contributed by atoms with Crippen LogP contribution in [0.1, 0.15) is 30.9 Å². The van der Waals surface area contributed by atoms with Gasteiger partial charge in [0.2, 0.25) is 0 Å². The molecule has 1 aromatic rings. The monoisotopic (exact) mass is 231 g/mol. The fourth-order valence-electron chi connectivity index (χ4n) is 1.71. The van der Waals surface area contributed by atoms with E-state index in [0.717, 1.165) is 25.0 Å². The van der Waals surface area contributed by atoms with Gasteiger partial charge in [-0.25, -0.2) is 8.78 Å². The fraction of sp³-hybridized carbons (Fsp3) is 0.455. The summed E-state index contributed by atoms with van der Waals surface area (Å²) in [5.41, 5.74) is 5.93. The minimum atomic E-state index is -0.612. The molecular weight excluding hydrogens is 220 g/mol.